The standard InChI is InChI=1S/C23H21ClN2O3/c1-2-28-22-14-18(8-13-21(22)29-16-17-6-4-3-5-7-17)15-25-26-23(27)19-9-11-20(24)12-10-19/h3-15H,2,16H2,1H3,(H,26,27)/b25-15+. The Morgan fingerprint density at radius 3 is 2.48 bits per heavy atom. The third kappa shape index (κ3) is 6.09. The van der Waals surface area contributed by atoms with Gasteiger partial charge in [0.25, 0.3) is 5.91 Å². The molecule has 0 radical (unpaired) electrons. The Morgan fingerprint density at radius 1 is 1.00 bits per heavy atom. The molecule has 0 atom stereocenters. The molecule has 3 aromatic carbocycles. The number of benzene rings is 3. The molecule has 5 nitrogen and oxygen atoms in total. The van der Waals surface area contributed by atoms with Crippen molar-refractivity contribution in [2.75, 3.05) is 6.61 Å². The lowest BCUT2D eigenvalue weighted by molar-refractivity contribution is 0.0955. The molecule has 0 unspecified atom stereocenters. The van der Waals surface area contributed by atoms with Crippen molar-refractivity contribution in [3.8, 4) is 11.5 Å². The fraction of sp³-hybridized carbons (Fsp3) is 0.130. The molecule has 148 valence electrons. The molecule has 0 spiro atoms. The molecule has 0 aliphatic rings. The number of nitrogens with one attached hydrogen (secondary N) is 1. The van der Waals surface area contributed by atoms with E-state index >= 15 is 0 Å². The molecule has 1 N–H and O–H groups in total. The van der Waals surface area contributed by atoms with Crippen molar-refractivity contribution in [2.24, 2.45) is 5.10 Å². The Kier molecular flexibility index (Phi) is 7.25. The largest absolute Gasteiger partial charge is 0.490 e. The minimum Gasteiger partial charge on any atom is -0.490 e. The van der Waals surface area contributed by atoms with E-state index in [9.17, 15) is 4.79 Å². The highest BCUT2D eigenvalue weighted by Crippen LogP contribution is 2.28. The Balaban J connectivity index is 1.64. The van der Waals surface area contributed by atoms with Crippen LogP contribution in [0.3, 0.4) is 0 Å². The highest BCUT2D eigenvalue weighted by molar-refractivity contribution is 6.30. The molecular weight excluding hydrogens is 388 g/mol. The molecule has 0 fully saturated rings. The van der Waals surface area contributed by atoms with E-state index in [-0.39, 0.29) is 5.91 Å². The third-order valence-corrected chi connectivity index (χ3v) is 4.24. The van der Waals surface area contributed by atoms with E-state index in [0.29, 0.717) is 35.3 Å². The van der Waals surface area contributed by atoms with Gasteiger partial charge in [0.05, 0.1) is 12.8 Å². The van der Waals surface area contributed by atoms with E-state index in [1.807, 2.05) is 55.5 Å². The van der Waals surface area contributed by atoms with Crippen LogP contribution in [0.25, 0.3) is 0 Å². The molecule has 0 aromatic heterocycles. The average Bonchev–Trinajstić information content (AvgIpc) is 2.74. The lowest BCUT2D eigenvalue weighted by Crippen LogP contribution is -2.17. The second-order valence-corrected chi connectivity index (χ2v) is 6.56. The normalized spacial score (nSPS) is 10.7. The quantitative estimate of drug-likeness (QED) is 0.417. The number of carbonyl (C=O) groups excluding carboxylic acids is 1. The van der Waals surface area contributed by atoms with Gasteiger partial charge in [-0.2, -0.15) is 5.10 Å². The summed E-state index contributed by atoms with van der Waals surface area (Å²) in [5.74, 6) is 0.959. The molecule has 0 aliphatic heterocycles. The van der Waals surface area contributed by atoms with E-state index in [4.69, 9.17) is 21.1 Å². The Bertz CT molecular complexity index is 973. The van der Waals surface area contributed by atoms with E-state index in [2.05, 4.69) is 10.5 Å². The van der Waals surface area contributed by atoms with Gasteiger partial charge in [-0.3, -0.25) is 4.79 Å². The number of ether oxygens (including phenoxy) is 2. The van der Waals surface area contributed by atoms with Crippen LogP contribution in [-0.4, -0.2) is 18.7 Å². The second-order valence-electron chi connectivity index (χ2n) is 6.12. The van der Waals surface area contributed by atoms with Crippen molar-refractivity contribution < 1.29 is 14.3 Å². The van der Waals surface area contributed by atoms with Crippen molar-refractivity contribution in [2.45, 2.75) is 13.5 Å². The maximum atomic E-state index is 12.1. The number of hydrogen-bond donors (Lipinski definition) is 1. The predicted octanol–water partition coefficient (Wildman–Crippen LogP) is 5.08. The average molecular weight is 409 g/mol. The number of amides is 1. The van der Waals surface area contributed by atoms with Crippen molar-refractivity contribution in [3.05, 3.63) is 94.5 Å². The summed E-state index contributed by atoms with van der Waals surface area (Å²) in [6, 6.07) is 22.0. The molecule has 29 heavy (non-hydrogen) atoms. The molecule has 3 rings (SSSR count). The lowest BCUT2D eigenvalue weighted by Gasteiger charge is -2.12. The van der Waals surface area contributed by atoms with E-state index in [1.165, 1.54) is 0 Å². The first-order valence-corrected chi connectivity index (χ1v) is 9.56. The predicted molar refractivity (Wildman–Crippen MR) is 115 cm³/mol. The van der Waals surface area contributed by atoms with Gasteiger partial charge < -0.3 is 9.47 Å². The van der Waals surface area contributed by atoms with Crippen molar-refractivity contribution in [1.29, 1.82) is 0 Å². The highest BCUT2D eigenvalue weighted by atomic mass is 35.5. The van der Waals surface area contributed by atoms with Gasteiger partial charge in [0.1, 0.15) is 6.61 Å². The van der Waals surface area contributed by atoms with E-state index < -0.39 is 0 Å². The van der Waals surface area contributed by atoms with Crippen LogP contribution in [-0.2, 0) is 6.61 Å². The molecule has 6 heteroatoms. The van der Waals surface area contributed by atoms with E-state index in [1.54, 1.807) is 30.5 Å². The van der Waals surface area contributed by atoms with Crippen LogP contribution in [0.4, 0.5) is 0 Å². The topological polar surface area (TPSA) is 59.9 Å². The number of hydrazone groups is 1. The molecule has 1 amide bonds. The van der Waals surface area contributed by atoms with Crippen LogP contribution >= 0.6 is 11.6 Å². The summed E-state index contributed by atoms with van der Waals surface area (Å²) >= 11 is 5.83. The van der Waals surface area contributed by atoms with Crippen LogP contribution in [0.2, 0.25) is 5.02 Å². The number of nitrogens with zero attached hydrogens (tertiary/aromatic N) is 1. The molecule has 0 heterocycles. The summed E-state index contributed by atoms with van der Waals surface area (Å²) in [6.07, 6.45) is 1.55. The zero-order valence-corrected chi connectivity index (χ0v) is 16.7. The van der Waals surface area contributed by atoms with Gasteiger partial charge in [0.15, 0.2) is 11.5 Å². The molecule has 0 saturated heterocycles. The van der Waals surface area contributed by atoms with Crippen molar-refractivity contribution in [3.63, 3.8) is 0 Å². The van der Waals surface area contributed by atoms with Crippen LogP contribution in [0.1, 0.15) is 28.4 Å². The number of rotatable bonds is 8. The van der Waals surface area contributed by atoms with Crippen LogP contribution in [0, 0.1) is 0 Å². The molecule has 3 aromatic rings. The summed E-state index contributed by atoms with van der Waals surface area (Å²) in [5.41, 5.74) is 4.82. The summed E-state index contributed by atoms with van der Waals surface area (Å²) in [7, 11) is 0. The summed E-state index contributed by atoms with van der Waals surface area (Å²) in [5, 5.41) is 4.58. The number of carbonyl (C=O) groups is 1. The minimum absolute atomic E-state index is 0.314. The Labute approximate surface area is 174 Å². The summed E-state index contributed by atoms with van der Waals surface area (Å²) in [6.45, 7) is 2.87. The van der Waals surface area contributed by atoms with Gasteiger partial charge >= 0.3 is 0 Å². The van der Waals surface area contributed by atoms with Crippen LogP contribution < -0.4 is 14.9 Å². The summed E-state index contributed by atoms with van der Waals surface area (Å²) in [4.78, 5) is 12.1. The van der Waals surface area contributed by atoms with Crippen molar-refractivity contribution >= 4 is 23.7 Å². The van der Waals surface area contributed by atoms with Gasteiger partial charge in [-0.05, 0) is 60.5 Å². The van der Waals surface area contributed by atoms with Gasteiger partial charge in [0.2, 0.25) is 0 Å². The molecular formula is C23H21ClN2O3. The zero-order chi connectivity index (χ0) is 20.5. The lowest BCUT2D eigenvalue weighted by atomic mass is 10.2. The second kappa shape index (κ2) is 10.3. The van der Waals surface area contributed by atoms with Crippen molar-refractivity contribution in [1.82, 2.24) is 5.43 Å². The molecule has 0 saturated carbocycles. The minimum atomic E-state index is -0.314. The maximum absolute atomic E-state index is 12.1. The first kappa shape index (κ1) is 20.4. The fourth-order valence-electron chi connectivity index (χ4n) is 2.56. The first-order chi connectivity index (χ1) is 14.2. The molecule has 0 aliphatic carbocycles. The zero-order valence-electron chi connectivity index (χ0n) is 16.0. The van der Waals surface area contributed by atoms with Gasteiger partial charge in [-0.1, -0.05) is 41.9 Å². The van der Waals surface area contributed by atoms with Crippen LogP contribution in [0.5, 0.6) is 11.5 Å². The number of halogens is 1. The Morgan fingerprint density at radius 2 is 1.76 bits per heavy atom. The molecule has 0 bridgehead atoms. The van der Waals surface area contributed by atoms with Crippen LogP contribution in [0.15, 0.2) is 77.9 Å². The first-order valence-electron chi connectivity index (χ1n) is 9.18. The third-order valence-electron chi connectivity index (χ3n) is 3.99. The fourth-order valence-corrected chi connectivity index (χ4v) is 2.69. The Hall–Kier alpha value is -3.31. The smallest absolute Gasteiger partial charge is 0.271 e. The van der Waals surface area contributed by atoms with Gasteiger partial charge in [-0.15, -0.1) is 0 Å². The van der Waals surface area contributed by atoms with Gasteiger partial charge in [0, 0.05) is 10.6 Å². The number of hydrogen-bond acceptors (Lipinski definition) is 4. The monoisotopic (exact) mass is 408 g/mol. The summed E-state index contributed by atoms with van der Waals surface area (Å²) < 4.78 is 11.6. The SMILES string of the molecule is CCOc1cc(/C=N/NC(=O)c2ccc(Cl)cc2)ccc1OCc1ccccc1. The van der Waals surface area contributed by atoms with E-state index in [0.717, 1.165) is 11.1 Å². The maximum Gasteiger partial charge on any atom is 0.271 e. The highest BCUT2D eigenvalue weighted by Gasteiger charge is 2.07. The van der Waals surface area contributed by atoms with Gasteiger partial charge in [-0.25, -0.2) is 5.43 Å².